The van der Waals surface area contributed by atoms with Crippen molar-refractivity contribution >= 4 is 11.7 Å². The van der Waals surface area contributed by atoms with Crippen LogP contribution in [-0.4, -0.2) is 45.4 Å². The number of nitrogens with zero attached hydrogens (tertiary/aromatic N) is 1. The summed E-state index contributed by atoms with van der Waals surface area (Å²) in [6, 6.07) is 6.48. The van der Waals surface area contributed by atoms with Crippen molar-refractivity contribution in [1.82, 2.24) is 10.6 Å². The van der Waals surface area contributed by atoms with Crippen molar-refractivity contribution in [1.29, 1.82) is 0 Å². The summed E-state index contributed by atoms with van der Waals surface area (Å²) in [5.41, 5.74) is 1.04. The van der Waals surface area contributed by atoms with Gasteiger partial charge in [-0.05, 0) is 56.4 Å². The van der Waals surface area contributed by atoms with Crippen molar-refractivity contribution < 1.29 is 13.9 Å². The van der Waals surface area contributed by atoms with Gasteiger partial charge in [-0.3, -0.25) is 0 Å². The van der Waals surface area contributed by atoms with Crippen LogP contribution < -0.4 is 15.5 Å². The molecule has 0 aliphatic carbocycles. The van der Waals surface area contributed by atoms with Gasteiger partial charge in [-0.1, -0.05) is 0 Å². The van der Waals surface area contributed by atoms with Crippen LogP contribution in [0.3, 0.4) is 0 Å². The van der Waals surface area contributed by atoms with E-state index in [1.807, 2.05) is 6.92 Å². The van der Waals surface area contributed by atoms with Crippen LogP contribution in [0.15, 0.2) is 24.3 Å². The van der Waals surface area contributed by atoms with Crippen LogP contribution in [-0.2, 0) is 4.74 Å². The van der Waals surface area contributed by atoms with Gasteiger partial charge in [0.1, 0.15) is 5.82 Å². The van der Waals surface area contributed by atoms with Crippen LogP contribution in [0.25, 0.3) is 0 Å². The molecule has 5 nitrogen and oxygen atoms in total. The normalized spacial score (nSPS) is 17.1. The highest BCUT2D eigenvalue weighted by Gasteiger charge is 2.23. The highest BCUT2D eigenvalue weighted by Crippen LogP contribution is 2.23. The molecule has 1 aromatic rings. The minimum Gasteiger partial charge on any atom is -0.382 e. The third-order valence-electron chi connectivity index (χ3n) is 4.23. The fourth-order valence-electron chi connectivity index (χ4n) is 2.86. The third-order valence-corrected chi connectivity index (χ3v) is 4.23. The van der Waals surface area contributed by atoms with E-state index in [0.717, 1.165) is 51.3 Å². The van der Waals surface area contributed by atoms with Crippen LogP contribution in [0.5, 0.6) is 0 Å². The second-order valence-electron chi connectivity index (χ2n) is 6.12. The number of amides is 2. The highest BCUT2D eigenvalue weighted by molar-refractivity contribution is 5.73. The predicted octanol–water partition coefficient (Wildman–Crippen LogP) is 2.77. The number of halogens is 1. The molecule has 0 unspecified atom stereocenters. The zero-order valence-electron chi connectivity index (χ0n) is 14.4. The fourth-order valence-corrected chi connectivity index (χ4v) is 2.86. The van der Waals surface area contributed by atoms with E-state index in [1.54, 1.807) is 12.1 Å². The van der Waals surface area contributed by atoms with Gasteiger partial charge in [-0.15, -0.1) is 0 Å². The molecule has 0 saturated carbocycles. The van der Waals surface area contributed by atoms with Crippen LogP contribution >= 0.6 is 0 Å². The first-order chi connectivity index (χ1) is 11.7. The number of rotatable bonds is 9. The van der Waals surface area contributed by atoms with Crippen LogP contribution in [0.2, 0.25) is 0 Å². The van der Waals surface area contributed by atoms with Gasteiger partial charge in [0.05, 0.1) is 0 Å². The smallest absolute Gasteiger partial charge is 0.314 e. The SMILES string of the molecule is CCOCCCCNC(=O)NC[C@H]1CCN(c2ccc(F)cc2)C1. The maximum absolute atomic E-state index is 13.0. The maximum atomic E-state index is 13.0. The molecule has 0 spiro atoms. The van der Waals surface area contributed by atoms with Crippen LogP contribution in [0.1, 0.15) is 26.2 Å². The molecule has 2 N–H and O–H groups in total. The summed E-state index contributed by atoms with van der Waals surface area (Å²) in [5, 5.41) is 5.81. The lowest BCUT2D eigenvalue weighted by molar-refractivity contribution is 0.143. The molecule has 2 rings (SSSR count). The first-order valence-corrected chi connectivity index (χ1v) is 8.79. The predicted molar refractivity (Wildman–Crippen MR) is 93.8 cm³/mol. The van der Waals surface area contributed by atoms with E-state index in [4.69, 9.17) is 4.74 Å². The van der Waals surface area contributed by atoms with E-state index in [-0.39, 0.29) is 11.8 Å². The lowest BCUT2D eigenvalue weighted by atomic mass is 10.1. The van der Waals surface area contributed by atoms with E-state index < -0.39 is 0 Å². The van der Waals surface area contributed by atoms with Gasteiger partial charge in [0.25, 0.3) is 0 Å². The lowest BCUT2D eigenvalue weighted by Crippen LogP contribution is -2.39. The molecule has 1 heterocycles. The minimum atomic E-state index is -0.214. The number of ether oxygens (including phenoxy) is 1. The molecule has 2 amide bonds. The Morgan fingerprint density at radius 1 is 1.29 bits per heavy atom. The Balaban J connectivity index is 1.58. The second-order valence-corrected chi connectivity index (χ2v) is 6.12. The van der Waals surface area contributed by atoms with Crippen LogP contribution in [0, 0.1) is 11.7 Å². The highest BCUT2D eigenvalue weighted by atomic mass is 19.1. The molecule has 1 aliphatic heterocycles. The summed E-state index contributed by atoms with van der Waals surface area (Å²) in [4.78, 5) is 14.0. The van der Waals surface area contributed by atoms with Crippen LogP contribution in [0.4, 0.5) is 14.9 Å². The standard InChI is InChI=1S/C18H28FN3O2/c1-2-24-12-4-3-10-20-18(23)21-13-15-9-11-22(14-15)17-7-5-16(19)6-8-17/h5-8,15H,2-4,9-14H2,1H3,(H2,20,21,23)/t15-/m1/s1. The molecule has 0 aromatic heterocycles. The Morgan fingerprint density at radius 2 is 2.08 bits per heavy atom. The molecule has 0 bridgehead atoms. The molecular formula is C18H28FN3O2. The molecule has 1 aromatic carbocycles. The summed E-state index contributed by atoms with van der Waals surface area (Å²) in [6.45, 7) is 6.64. The number of carbonyl (C=O) groups excluding carboxylic acids is 1. The van der Waals surface area contributed by atoms with E-state index in [0.29, 0.717) is 19.0 Å². The quantitative estimate of drug-likeness (QED) is 0.681. The molecule has 1 fully saturated rings. The van der Waals surface area contributed by atoms with Gasteiger partial charge in [0.2, 0.25) is 0 Å². The largest absolute Gasteiger partial charge is 0.382 e. The summed E-state index contributed by atoms with van der Waals surface area (Å²) >= 11 is 0. The number of hydrogen-bond donors (Lipinski definition) is 2. The summed E-state index contributed by atoms with van der Waals surface area (Å²) in [6.07, 6.45) is 2.92. The molecule has 0 radical (unpaired) electrons. The zero-order chi connectivity index (χ0) is 17.2. The Labute approximate surface area is 143 Å². The number of hydrogen-bond acceptors (Lipinski definition) is 3. The monoisotopic (exact) mass is 337 g/mol. The zero-order valence-corrected chi connectivity index (χ0v) is 14.4. The van der Waals surface area contributed by atoms with Crippen molar-refractivity contribution in [3.8, 4) is 0 Å². The molecular weight excluding hydrogens is 309 g/mol. The third kappa shape index (κ3) is 6.35. The average Bonchev–Trinajstić information content (AvgIpc) is 3.06. The lowest BCUT2D eigenvalue weighted by Gasteiger charge is -2.19. The first-order valence-electron chi connectivity index (χ1n) is 8.79. The minimum absolute atomic E-state index is 0.105. The van der Waals surface area contributed by atoms with Crippen molar-refractivity contribution in [2.24, 2.45) is 5.92 Å². The number of unbranched alkanes of at least 4 members (excludes halogenated alkanes) is 1. The van der Waals surface area contributed by atoms with E-state index in [9.17, 15) is 9.18 Å². The molecule has 1 atom stereocenters. The van der Waals surface area contributed by atoms with Crippen molar-refractivity contribution in [2.45, 2.75) is 26.2 Å². The number of nitrogens with one attached hydrogen (secondary N) is 2. The Bertz CT molecular complexity index is 496. The van der Waals surface area contributed by atoms with Crippen molar-refractivity contribution in [2.75, 3.05) is 44.3 Å². The summed E-state index contributed by atoms with van der Waals surface area (Å²) in [5.74, 6) is 0.216. The summed E-state index contributed by atoms with van der Waals surface area (Å²) in [7, 11) is 0. The van der Waals surface area contributed by atoms with Crippen molar-refractivity contribution in [3.05, 3.63) is 30.1 Å². The van der Waals surface area contributed by atoms with Gasteiger partial charge in [-0.25, -0.2) is 9.18 Å². The molecule has 24 heavy (non-hydrogen) atoms. The molecule has 6 heteroatoms. The van der Waals surface area contributed by atoms with Gasteiger partial charge < -0.3 is 20.3 Å². The van der Waals surface area contributed by atoms with Gasteiger partial charge in [0.15, 0.2) is 0 Å². The number of urea groups is 1. The number of carbonyl (C=O) groups is 1. The fraction of sp³-hybridized carbons (Fsp3) is 0.611. The van der Waals surface area contributed by atoms with E-state index in [2.05, 4.69) is 15.5 Å². The second kappa shape index (κ2) is 10.1. The molecule has 1 saturated heterocycles. The van der Waals surface area contributed by atoms with E-state index in [1.165, 1.54) is 12.1 Å². The van der Waals surface area contributed by atoms with Gasteiger partial charge in [-0.2, -0.15) is 0 Å². The maximum Gasteiger partial charge on any atom is 0.314 e. The van der Waals surface area contributed by atoms with Gasteiger partial charge >= 0.3 is 6.03 Å². The Hall–Kier alpha value is -1.82. The number of anilines is 1. The Kier molecular flexibility index (Phi) is 7.82. The number of benzene rings is 1. The average molecular weight is 337 g/mol. The molecule has 134 valence electrons. The van der Waals surface area contributed by atoms with E-state index >= 15 is 0 Å². The first kappa shape index (κ1) is 18.5. The van der Waals surface area contributed by atoms with Crippen molar-refractivity contribution in [3.63, 3.8) is 0 Å². The molecule has 1 aliphatic rings. The Morgan fingerprint density at radius 3 is 2.83 bits per heavy atom. The van der Waals surface area contributed by atoms with Gasteiger partial charge in [0, 0.05) is 45.1 Å². The summed E-state index contributed by atoms with van der Waals surface area (Å²) < 4.78 is 18.2. The topological polar surface area (TPSA) is 53.6 Å².